The molecule has 100 valence electrons. The molecule has 1 saturated heterocycles. The molecule has 0 aliphatic carbocycles. The minimum absolute atomic E-state index is 0.235. The van der Waals surface area contributed by atoms with Gasteiger partial charge in [-0.2, -0.15) is 5.26 Å². The van der Waals surface area contributed by atoms with Crippen LogP contribution in [0, 0.1) is 17.2 Å². The lowest BCUT2D eigenvalue weighted by Crippen LogP contribution is -2.36. The van der Waals surface area contributed by atoms with Crippen LogP contribution in [0.5, 0.6) is 0 Å². The number of hydrogen-bond donors (Lipinski definition) is 1. The number of aromatic nitrogens is 1. The summed E-state index contributed by atoms with van der Waals surface area (Å²) >= 11 is 0. The van der Waals surface area contributed by atoms with Crippen molar-refractivity contribution in [2.24, 2.45) is 5.92 Å². The van der Waals surface area contributed by atoms with Crippen molar-refractivity contribution in [2.45, 2.75) is 25.7 Å². The highest BCUT2D eigenvalue weighted by Crippen LogP contribution is 2.24. The van der Waals surface area contributed by atoms with E-state index in [2.05, 4.69) is 16.0 Å². The van der Waals surface area contributed by atoms with Crippen molar-refractivity contribution in [3.8, 4) is 6.07 Å². The molecule has 0 aromatic carbocycles. The minimum Gasteiger partial charge on any atom is -0.481 e. The standard InChI is InChI=1S/C14H17N3O2/c15-8-12-3-5-13(16-9-12)17-7-1-2-11(10-17)4-6-14(18)19/h3,5,9,11H,1-2,4,6-7,10H2,(H,18,19). The Balaban J connectivity index is 1.96. The van der Waals surface area contributed by atoms with Crippen LogP contribution < -0.4 is 4.90 Å². The Morgan fingerprint density at radius 2 is 2.42 bits per heavy atom. The molecule has 1 unspecified atom stereocenters. The zero-order chi connectivity index (χ0) is 13.7. The van der Waals surface area contributed by atoms with Crippen LogP contribution in [-0.4, -0.2) is 29.1 Å². The van der Waals surface area contributed by atoms with Gasteiger partial charge in [0.2, 0.25) is 0 Å². The second kappa shape index (κ2) is 6.19. The molecule has 0 radical (unpaired) electrons. The number of anilines is 1. The Morgan fingerprint density at radius 1 is 1.58 bits per heavy atom. The van der Waals surface area contributed by atoms with E-state index in [-0.39, 0.29) is 6.42 Å². The fourth-order valence-corrected chi connectivity index (χ4v) is 2.48. The number of nitriles is 1. The molecule has 2 heterocycles. The van der Waals surface area contributed by atoms with Gasteiger partial charge in [0, 0.05) is 25.7 Å². The second-order valence-corrected chi connectivity index (χ2v) is 4.90. The van der Waals surface area contributed by atoms with E-state index in [1.165, 1.54) is 0 Å². The first kappa shape index (κ1) is 13.3. The van der Waals surface area contributed by atoms with Crippen LogP contribution >= 0.6 is 0 Å². The number of pyridine rings is 1. The highest BCUT2D eigenvalue weighted by atomic mass is 16.4. The van der Waals surface area contributed by atoms with Crippen LogP contribution in [-0.2, 0) is 4.79 Å². The van der Waals surface area contributed by atoms with E-state index in [1.807, 2.05) is 6.07 Å². The van der Waals surface area contributed by atoms with Gasteiger partial charge in [-0.3, -0.25) is 4.79 Å². The second-order valence-electron chi connectivity index (χ2n) is 4.90. The van der Waals surface area contributed by atoms with Crippen molar-refractivity contribution >= 4 is 11.8 Å². The molecule has 2 rings (SSSR count). The molecule has 5 heteroatoms. The van der Waals surface area contributed by atoms with E-state index >= 15 is 0 Å². The summed E-state index contributed by atoms with van der Waals surface area (Å²) in [5, 5.41) is 17.5. The van der Waals surface area contributed by atoms with Crippen LogP contribution in [0.4, 0.5) is 5.82 Å². The molecule has 0 spiro atoms. The topological polar surface area (TPSA) is 77.2 Å². The van der Waals surface area contributed by atoms with Crippen molar-refractivity contribution in [3.05, 3.63) is 23.9 Å². The number of carbonyl (C=O) groups is 1. The van der Waals surface area contributed by atoms with Gasteiger partial charge in [-0.15, -0.1) is 0 Å². The summed E-state index contributed by atoms with van der Waals surface area (Å²) in [6, 6.07) is 5.68. The smallest absolute Gasteiger partial charge is 0.303 e. The molecule has 0 bridgehead atoms. The molecule has 1 aliphatic rings. The maximum absolute atomic E-state index is 10.6. The molecule has 0 amide bonds. The normalized spacial score (nSPS) is 18.9. The Morgan fingerprint density at radius 3 is 3.05 bits per heavy atom. The van der Waals surface area contributed by atoms with E-state index in [1.54, 1.807) is 12.3 Å². The third-order valence-electron chi connectivity index (χ3n) is 3.49. The number of nitrogens with zero attached hydrogens (tertiary/aromatic N) is 3. The fraction of sp³-hybridized carbons (Fsp3) is 0.500. The Bertz CT molecular complexity index is 478. The predicted octanol–water partition coefficient (Wildman–Crippen LogP) is 2.03. The third-order valence-corrected chi connectivity index (χ3v) is 3.49. The third kappa shape index (κ3) is 3.68. The SMILES string of the molecule is N#Cc1ccc(N2CCCC(CCC(=O)O)C2)nc1. The highest BCUT2D eigenvalue weighted by Gasteiger charge is 2.21. The molecule has 1 aromatic heterocycles. The van der Waals surface area contributed by atoms with Gasteiger partial charge in [0.15, 0.2) is 0 Å². The van der Waals surface area contributed by atoms with Crippen molar-refractivity contribution in [1.82, 2.24) is 4.98 Å². The summed E-state index contributed by atoms with van der Waals surface area (Å²) in [5.74, 6) is 0.565. The van der Waals surface area contributed by atoms with Crippen LogP contribution in [0.2, 0.25) is 0 Å². The quantitative estimate of drug-likeness (QED) is 0.895. The zero-order valence-corrected chi connectivity index (χ0v) is 10.7. The van der Waals surface area contributed by atoms with Gasteiger partial charge in [0.1, 0.15) is 11.9 Å². The van der Waals surface area contributed by atoms with Gasteiger partial charge in [-0.1, -0.05) is 0 Å². The first-order chi connectivity index (χ1) is 9.19. The van der Waals surface area contributed by atoms with Gasteiger partial charge in [-0.05, 0) is 37.3 Å². The Kier molecular flexibility index (Phi) is 4.35. The summed E-state index contributed by atoms with van der Waals surface area (Å²) in [4.78, 5) is 17.1. The highest BCUT2D eigenvalue weighted by molar-refractivity contribution is 5.66. The lowest BCUT2D eigenvalue weighted by atomic mass is 9.93. The molecule has 1 atom stereocenters. The predicted molar refractivity (Wildman–Crippen MR) is 70.8 cm³/mol. The number of rotatable bonds is 4. The number of piperidine rings is 1. The molecule has 1 aromatic rings. The average molecular weight is 259 g/mol. The Labute approximate surface area is 112 Å². The summed E-state index contributed by atoms with van der Waals surface area (Å²) in [7, 11) is 0. The molecule has 1 fully saturated rings. The maximum Gasteiger partial charge on any atom is 0.303 e. The number of hydrogen-bond acceptors (Lipinski definition) is 4. The van der Waals surface area contributed by atoms with Crippen LogP contribution in [0.3, 0.4) is 0 Å². The van der Waals surface area contributed by atoms with Crippen LogP contribution in [0.1, 0.15) is 31.2 Å². The van der Waals surface area contributed by atoms with E-state index in [0.29, 0.717) is 11.5 Å². The van der Waals surface area contributed by atoms with Gasteiger partial charge in [-0.25, -0.2) is 4.98 Å². The van der Waals surface area contributed by atoms with E-state index in [0.717, 1.165) is 38.2 Å². The lowest BCUT2D eigenvalue weighted by Gasteiger charge is -2.33. The van der Waals surface area contributed by atoms with Crippen molar-refractivity contribution in [1.29, 1.82) is 5.26 Å². The molecule has 0 saturated carbocycles. The monoisotopic (exact) mass is 259 g/mol. The average Bonchev–Trinajstić information content (AvgIpc) is 2.45. The van der Waals surface area contributed by atoms with Crippen molar-refractivity contribution < 1.29 is 9.90 Å². The van der Waals surface area contributed by atoms with E-state index in [9.17, 15) is 4.79 Å². The Hall–Kier alpha value is -2.09. The molecule has 5 nitrogen and oxygen atoms in total. The van der Waals surface area contributed by atoms with Gasteiger partial charge in [0.05, 0.1) is 5.56 Å². The lowest BCUT2D eigenvalue weighted by molar-refractivity contribution is -0.137. The summed E-state index contributed by atoms with van der Waals surface area (Å²) in [6.45, 7) is 1.80. The number of carboxylic acids is 1. The molecule has 19 heavy (non-hydrogen) atoms. The summed E-state index contributed by atoms with van der Waals surface area (Å²) in [6.07, 6.45) is 4.68. The summed E-state index contributed by atoms with van der Waals surface area (Å²) < 4.78 is 0. The molecular formula is C14H17N3O2. The minimum atomic E-state index is -0.728. The van der Waals surface area contributed by atoms with Gasteiger partial charge < -0.3 is 10.0 Å². The maximum atomic E-state index is 10.6. The van der Waals surface area contributed by atoms with Gasteiger partial charge in [0.25, 0.3) is 0 Å². The van der Waals surface area contributed by atoms with Crippen molar-refractivity contribution in [3.63, 3.8) is 0 Å². The van der Waals surface area contributed by atoms with Crippen LogP contribution in [0.15, 0.2) is 18.3 Å². The van der Waals surface area contributed by atoms with Crippen LogP contribution in [0.25, 0.3) is 0 Å². The number of aliphatic carboxylic acids is 1. The fourth-order valence-electron chi connectivity index (χ4n) is 2.48. The van der Waals surface area contributed by atoms with E-state index in [4.69, 9.17) is 10.4 Å². The largest absolute Gasteiger partial charge is 0.481 e. The first-order valence-corrected chi connectivity index (χ1v) is 6.52. The van der Waals surface area contributed by atoms with Crippen molar-refractivity contribution in [2.75, 3.05) is 18.0 Å². The van der Waals surface area contributed by atoms with E-state index < -0.39 is 5.97 Å². The van der Waals surface area contributed by atoms with Gasteiger partial charge >= 0.3 is 5.97 Å². The molecule has 1 aliphatic heterocycles. The summed E-state index contributed by atoms with van der Waals surface area (Å²) in [5.41, 5.74) is 0.559. The molecule has 1 N–H and O–H groups in total. The number of carboxylic acid groups (broad SMARTS) is 1. The zero-order valence-electron chi connectivity index (χ0n) is 10.7. The first-order valence-electron chi connectivity index (χ1n) is 6.52. The molecular weight excluding hydrogens is 242 g/mol.